The second-order valence-electron chi connectivity index (χ2n) is 3.17. The summed E-state index contributed by atoms with van der Waals surface area (Å²) < 4.78 is 59.1. The lowest BCUT2D eigenvalue weighted by molar-refractivity contribution is -0.134. The topological polar surface area (TPSA) is 87.6 Å². The molecule has 1 heterocycles. The number of rotatable bonds is 4. The number of carboxylic acids is 1. The molecule has 0 aliphatic rings. The first-order chi connectivity index (χ1) is 8.05. The van der Waals surface area contributed by atoms with Crippen molar-refractivity contribution in [1.82, 2.24) is 9.29 Å². The van der Waals surface area contributed by atoms with Crippen molar-refractivity contribution in [2.24, 2.45) is 0 Å². The van der Waals surface area contributed by atoms with Crippen LogP contribution in [0.5, 0.6) is 0 Å². The molecule has 1 rings (SSSR count). The van der Waals surface area contributed by atoms with Gasteiger partial charge < -0.3 is 5.11 Å². The molecule has 0 radical (unpaired) electrons. The van der Waals surface area contributed by atoms with Crippen LogP contribution >= 0.6 is 11.3 Å². The third-order valence-electron chi connectivity index (χ3n) is 1.78. The highest BCUT2D eigenvalue weighted by Gasteiger charge is 2.37. The fourth-order valence-corrected chi connectivity index (χ4v) is 3.53. The van der Waals surface area contributed by atoms with Crippen LogP contribution in [-0.4, -0.2) is 48.6 Å². The molecule has 0 spiro atoms. The molecule has 1 aromatic heterocycles. The van der Waals surface area contributed by atoms with Gasteiger partial charge in [0.2, 0.25) is 0 Å². The van der Waals surface area contributed by atoms with Crippen LogP contribution in [-0.2, 0) is 10.0 Å². The number of hydrogen-bond donors (Lipinski definition) is 1. The summed E-state index contributed by atoms with van der Waals surface area (Å²) in [5.41, 5.74) is 0.159. The van der Waals surface area contributed by atoms with E-state index in [-0.39, 0.29) is 4.31 Å². The lowest BCUT2D eigenvalue weighted by Gasteiger charge is -2.17. The van der Waals surface area contributed by atoms with Crippen molar-refractivity contribution in [1.29, 1.82) is 0 Å². The van der Waals surface area contributed by atoms with Crippen molar-refractivity contribution in [2.45, 2.75) is 10.4 Å². The average molecular weight is 304 g/mol. The van der Waals surface area contributed by atoms with Gasteiger partial charge in [0.1, 0.15) is 6.54 Å². The molecule has 0 atom stereocenters. The highest BCUT2D eigenvalue weighted by molar-refractivity contribution is 7.91. The number of halogens is 3. The van der Waals surface area contributed by atoms with Crippen LogP contribution in [0.25, 0.3) is 0 Å². The van der Waals surface area contributed by atoms with E-state index in [1.54, 1.807) is 0 Å². The van der Waals surface area contributed by atoms with E-state index in [1.165, 1.54) is 0 Å². The van der Waals surface area contributed by atoms with Gasteiger partial charge in [0.05, 0.1) is 5.51 Å². The second-order valence-corrected chi connectivity index (χ2v) is 6.26. The predicted octanol–water partition coefficient (Wildman–Crippen LogP) is 1.02. The summed E-state index contributed by atoms with van der Waals surface area (Å²) in [7, 11) is -3.80. The van der Waals surface area contributed by atoms with Crippen LogP contribution < -0.4 is 0 Å². The Balaban J connectivity index is 3.14. The molecule has 102 valence electrons. The molecule has 1 N–H and O–H groups in total. The molecule has 0 aliphatic carbocycles. The van der Waals surface area contributed by atoms with Crippen LogP contribution in [0.15, 0.2) is 9.72 Å². The Hall–Kier alpha value is -1.20. The molecular formula is C7H7F3N2O4S2. The Kier molecular flexibility index (Phi) is 3.98. The molecular weight excluding hydrogens is 297 g/mol. The van der Waals surface area contributed by atoms with Gasteiger partial charge in [0.15, 0.2) is 9.90 Å². The Morgan fingerprint density at radius 1 is 1.56 bits per heavy atom. The highest BCUT2D eigenvalue weighted by atomic mass is 32.2. The summed E-state index contributed by atoms with van der Waals surface area (Å²) in [6.07, 6.45) is -4.71. The van der Waals surface area contributed by atoms with Gasteiger partial charge in [-0.2, -0.15) is 17.5 Å². The molecule has 11 heteroatoms. The molecule has 0 aromatic carbocycles. The summed E-state index contributed by atoms with van der Waals surface area (Å²) in [4.78, 5) is 14.0. The van der Waals surface area contributed by atoms with Crippen molar-refractivity contribution in [2.75, 3.05) is 13.6 Å². The number of aromatic carboxylic acids is 1. The van der Waals surface area contributed by atoms with Crippen LogP contribution in [0, 0.1) is 0 Å². The summed E-state index contributed by atoms with van der Waals surface area (Å²) in [6.45, 7) is -1.70. The number of alkyl halides is 3. The van der Waals surface area contributed by atoms with E-state index in [0.29, 0.717) is 18.4 Å². The lowest BCUT2D eigenvalue weighted by Crippen LogP contribution is -2.36. The average Bonchev–Trinajstić information content (AvgIpc) is 2.63. The van der Waals surface area contributed by atoms with E-state index >= 15 is 0 Å². The van der Waals surface area contributed by atoms with Crippen LogP contribution in [0.2, 0.25) is 0 Å². The molecule has 0 unspecified atom stereocenters. The molecule has 0 amide bonds. The molecule has 0 saturated carbocycles. The maximum atomic E-state index is 12.1. The van der Waals surface area contributed by atoms with Crippen LogP contribution in [0.1, 0.15) is 10.5 Å². The number of carboxylic acid groups (broad SMARTS) is 1. The lowest BCUT2D eigenvalue weighted by atomic mass is 10.5. The van der Waals surface area contributed by atoms with Crippen LogP contribution in [0.4, 0.5) is 13.2 Å². The molecule has 0 saturated heterocycles. The smallest absolute Gasteiger partial charge is 0.402 e. The van der Waals surface area contributed by atoms with E-state index in [4.69, 9.17) is 5.11 Å². The fraction of sp³-hybridized carbons (Fsp3) is 0.429. The Morgan fingerprint density at radius 3 is 2.56 bits per heavy atom. The van der Waals surface area contributed by atoms with Gasteiger partial charge in [-0.1, -0.05) is 0 Å². The number of thiazole rings is 1. The van der Waals surface area contributed by atoms with Crippen LogP contribution in [0.3, 0.4) is 0 Å². The highest BCUT2D eigenvalue weighted by Crippen LogP contribution is 2.26. The van der Waals surface area contributed by atoms with Gasteiger partial charge in [0, 0.05) is 7.05 Å². The third kappa shape index (κ3) is 3.17. The Morgan fingerprint density at radius 2 is 2.11 bits per heavy atom. The third-order valence-corrected chi connectivity index (χ3v) is 4.93. The van der Waals surface area contributed by atoms with Gasteiger partial charge in [-0.3, -0.25) is 0 Å². The van der Waals surface area contributed by atoms with Crippen molar-refractivity contribution < 1.29 is 31.5 Å². The van der Waals surface area contributed by atoms with Crippen molar-refractivity contribution >= 4 is 27.3 Å². The number of hydrogen-bond acceptors (Lipinski definition) is 5. The summed E-state index contributed by atoms with van der Waals surface area (Å²) in [5, 5.41) is 8.67. The number of nitrogens with zero attached hydrogens (tertiary/aromatic N) is 2. The number of carbonyl (C=O) groups is 1. The summed E-state index contributed by atoms with van der Waals surface area (Å²) >= 11 is 0.450. The normalized spacial score (nSPS) is 12.9. The van der Waals surface area contributed by atoms with E-state index in [9.17, 15) is 26.4 Å². The van der Waals surface area contributed by atoms with E-state index in [2.05, 4.69) is 4.98 Å². The number of sulfonamides is 1. The maximum Gasteiger partial charge on any atom is 0.402 e. The minimum Gasteiger partial charge on any atom is -0.476 e. The zero-order valence-electron chi connectivity index (χ0n) is 8.80. The summed E-state index contributed by atoms with van der Waals surface area (Å²) in [6, 6.07) is 0. The van der Waals surface area contributed by atoms with E-state index in [0.717, 1.165) is 5.51 Å². The van der Waals surface area contributed by atoms with Gasteiger partial charge in [0.25, 0.3) is 10.0 Å². The second kappa shape index (κ2) is 4.82. The minimum atomic E-state index is -4.71. The largest absolute Gasteiger partial charge is 0.476 e. The minimum absolute atomic E-state index is 0.0347. The first kappa shape index (κ1) is 14.9. The van der Waals surface area contributed by atoms with E-state index < -0.39 is 38.6 Å². The van der Waals surface area contributed by atoms with Crippen molar-refractivity contribution in [3.05, 3.63) is 11.2 Å². The monoisotopic (exact) mass is 304 g/mol. The quantitative estimate of drug-likeness (QED) is 0.897. The van der Waals surface area contributed by atoms with Crippen molar-refractivity contribution in [3.63, 3.8) is 0 Å². The zero-order valence-corrected chi connectivity index (χ0v) is 10.4. The molecule has 0 bridgehead atoms. The first-order valence-electron chi connectivity index (χ1n) is 4.25. The fourth-order valence-electron chi connectivity index (χ4n) is 1.04. The summed E-state index contributed by atoms with van der Waals surface area (Å²) in [5.74, 6) is -1.62. The molecule has 1 aromatic rings. The Bertz CT molecular complexity index is 551. The SMILES string of the molecule is CN(CC(F)(F)F)S(=O)(=O)c1scnc1C(=O)O. The Labute approximate surface area is 104 Å². The predicted molar refractivity (Wildman–Crippen MR) is 54.9 cm³/mol. The van der Waals surface area contributed by atoms with Gasteiger partial charge in [-0.15, -0.1) is 11.3 Å². The zero-order chi connectivity index (χ0) is 14.1. The van der Waals surface area contributed by atoms with Gasteiger partial charge >= 0.3 is 12.1 Å². The molecule has 6 nitrogen and oxygen atoms in total. The van der Waals surface area contributed by atoms with Gasteiger partial charge in [-0.25, -0.2) is 18.2 Å². The molecule has 0 fully saturated rings. The standard InChI is InChI=1S/C7H7F3N2O4S2/c1-12(2-7(8,9)10)18(15,16)6-4(5(13)14)11-3-17-6/h3H,2H2,1H3,(H,13,14). The van der Waals surface area contributed by atoms with E-state index in [1.807, 2.05) is 0 Å². The molecule has 18 heavy (non-hydrogen) atoms. The number of aromatic nitrogens is 1. The van der Waals surface area contributed by atoms with Gasteiger partial charge in [-0.05, 0) is 0 Å². The first-order valence-corrected chi connectivity index (χ1v) is 6.57. The maximum absolute atomic E-state index is 12.1. The molecule has 0 aliphatic heterocycles. The van der Waals surface area contributed by atoms with Crippen molar-refractivity contribution in [3.8, 4) is 0 Å².